The van der Waals surface area contributed by atoms with E-state index in [0.717, 1.165) is 12.8 Å². The third kappa shape index (κ3) is 5.80. The van der Waals surface area contributed by atoms with E-state index in [2.05, 4.69) is 5.32 Å². The Morgan fingerprint density at radius 3 is 2.25 bits per heavy atom. The second kappa shape index (κ2) is 6.02. The fourth-order valence-electron chi connectivity index (χ4n) is 2.16. The van der Waals surface area contributed by atoms with Gasteiger partial charge in [-0.15, -0.1) is 0 Å². The highest BCUT2D eigenvalue weighted by molar-refractivity contribution is 5.80. The van der Waals surface area contributed by atoms with Crippen LogP contribution in [0.2, 0.25) is 0 Å². The molecule has 0 aromatic rings. The number of nitrogens with one attached hydrogen (secondary N) is 1. The molecule has 0 aliphatic carbocycles. The molecule has 1 atom stereocenters. The summed E-state index contributed by atoms with van der Waals surface area (Å²) in [4.78, 5) is 25.9. The Hall–Kier alpha value is -1.26. The highest BCUT2D eigenvalue weighted by atomic mass is 16.6. The maximum absolute atomic E-state index is 12.2. The lowest BCUT2D eigenvalue weighted by molar-refractivity contribution is -0.128. The molecule has 1 N–H and O–H groups in total. The van der Waals surface area contributed by atoms with Gasteiger partial charge in [-0.3, -0.25) is 4.79 Å². The van der Waals surface area contributed by atoms with Crippen molar-refractivity contribution in [1.82, 2.24) is 10.2 Å². The van der Waals surface area contributed by atoms with Gasteiger partial charge in [0, 0.05) is 18.6 Å². The van der Waals surface area contributed by atoms with Crippen LogP contribution in [0.1, 0.15) is 54.4 Å². The van der Waals surface area contributed by atoms with E-state index in [4.69, 9.17) is 4.74 Å². The fourth-order valence-corrected chi connectivity index (χ4v) is 2.16. The van der Waals surface area contributed by atoms with Gasteiger partial charge >= 0.3 is 6.09 Å². The van der Waals surface area contributed by atoms with Crippen molar-refractivity contribution in [3.8, 4) is 0 Å². The summed E-state index contributed by atoms with van der Waals surface area (Å²) in [6, 6.07) is 0. The van der Waals surface area contributed by atoms with Gasteiger partial charge in [0.15, 0.2) is 0 Å². The van der Waals surface area contributed by atoms with Crippen LogP contribution in [0, 0.1) is 5.92 Å². The van der Waals surface area contributed by atoms with E-state index >= 15 is 0 Å². The Kier molecular flexibility index (Phi) is 5.05. The number of carbonyl (C=O) groups is 2. The summed E-state index contributed by atoms with van der Waals surface area (Å²) in [5.41, 5.74) is -0.747. The quantitative estimate of drug-likeness (QED) is 0.805. The smallest absolute Gasteiger partial charge is 0.410 e. The molecule has 5 heteroatoms. The molecule has 0 spiro atoms. The molecular weight excluding hydrogens is 256 g/mol. The van der Waals surface area contributed by atoms with Crippen LogP contribution in [0.3, 0.4) is 0 Å². The molecule has 0 aromatic carbocycles. The van der Waals surface area contributed by atoms with Crippen molar-refractivity contribution >= 4 is 12.0 Å². The lowest BCUT2D eigenvalue weighted by Gasteiger charge is -2.34. The van der Waals surface area contributed by atoms with Crippen LogP contribution in [-0.2, 0) is 9.53 Å². The third-order valence-corrected chi connectivity index (χ3v) is 2.94. The Morgan fingerprint density at radius 1 is 1.15 bits per heavy atom. The third-order valence-electron chi connectivity index (χ3n) is 2.94. The Bertz CT molecular complexity index is 332. The maximum atomic E-state index is 12.2. The SMILES string of the molecule is CC(C)(C)NC(=O)C1CCCN(C(=O)OC(C)(C)C)C1. The Morgan fingerprint density at radius 2 is 1.75 bits per heavy atom. The van der Waals surface area contributed by atoms with Crippen LogP contribution in [0.15, 0.2) is 0 Å². The van der Waals surface area contributed by atoms with E-state index in [1.165, 1.54) is 0 Å². The predicted octanol–water partition coefficient (Wildman–Crippen LogP) is 2.55. The van der Waals surface area contributed by atoms with Gasteiger partial charge in [0.2, 0.25) is 5.91 Å². The van der Waals surface area contributed by atoms with Gasteiger partial charge in [-0.2, -0.15) is 0 Å². The number of nitrogens with zero attached hydrogens (tertiary/aromatic N) is 1. The molecule has 1 saturated heterocycles. The van der Waals surface area contributed by atoms with Gasteiger partial charge in [0.05, 0.1) is 5.92 Å². The first kappa shape index (κ1) is 16.8. The van der Waals surface area contributed by atoms with E-state index in [-0.39, 0.29) is 23.5 Å². The largest absolute Gasteiger partial charge is 0.444 e. The maximum Gasteiger partial charge on any atom is 0.410 e. The van der Waals surface area contributed by atoms with Gasteiger partial charge in [-0.25, -0.2) is 4.79 Å². The lowest BCUT2D eigenvalue weighted by atomic mass is 9.96. The van der Waals surface area contributed by atoms with E-state index in [1.807, 2.05) is 41.5 Å². The first-order chi connectivity index (χ1) is 8.98. The summed E-state index contributed by atoms with van der Waals surface area (Å²) >= 11 is 0. The molecule has 1 aliphatic rings. The second-order valence-corrected chi connectivity index (χ2v) is 7.50. The predicted molar refractivity (Wildman–Crippen MR) is 78.4 cm³/mol. The van der Waals surface area contributed by atoms with Crippen LogP contribution in [0.4, 0.5) is 4.79 Å². The number of piperidine rings is 1. The molecule has 1 rings (SSSR count). The minimum absolute atomic E-state index is 0.0192. The zero-order valence-corrected chi connectivity index (χ0v) is 13.6. The van der Waals surface area contributed by atoms with Crippen molar-refractivity contribution in [1.29, 1.82) is 0 Å². The number of rotatable bonds is 1. The Labute approximate surface area is 122 Å². The first-order valence-electron chi connectivity index (χ1n) is 7.28. The molecule has 20 heavy (non-hydrogen) atoms. The van der Waals surface area contributed by atoms with Gasteiger partial charge in [-0.05, 0) is 54.4 Å². The van der Waals surface area contributed by atoms with Crippen molar-refractivity contribution in [3.05, 3.63) is 0 Å². The zero-order valence-electron chi connectivity index (χ0n) is 13.6. The standard InChI is InChI=1S/C15H28N2O3/c1-14(2,3)16-12(18)11-8-7-9-17(10-11)13(19)20-15(4,5)6/h11H,7-10H2,1-6H3,(H,16,18). The van der Waals surface area contributed by atoms with Crippen LogP contribution >= 0.6 is 0 Å². The summed E-state index contributed by atoms with van der Waals surface area (Å²) in [5, 5.41) is 2.98. The van der Waals surface area contributed by atoms with Crippen molar-refractivity contribution in [2.24, 2.45) is 5.92 Å². The van der Waals surface area contributed by atoms with Crippen LogP contribution < -0.4 is 5.32 Å². The zero-order chi connectivity index (χ0) is 15.6. The van der Waals surface area contributed by atoms with E-state index in [1.54, 1.807) is 4.90 Å². The first-order valence-corrected chi connectivity index (χ1v) is 7.28. The van der Waals surface area contributed by atoms with Crippen LogP contribution in [-0.4, -0.2) is 41.1 Å². The number of amides is 2. The van der Waals surface area contributed by atoms with E-state index in [0.29, 0.717) is 13.1 Å². The monoisotopic (exact) mass is 284 g/mol. The van der Waals surface area contributed by atoms with Gasteiger partial charge < -0.3 is 15.0 Å². The van der Waals surface area contributed by atoms with E-state index < -0.39 is 5.60 Å². The summed E-state index contributed by atoms with van der Waals surface area (Å²) < 4.78 is 5.36. The number of likely N-dealkylation sites (tertiary alicyclic amines) is 1. The van der Waals surface area contributed by atoms with Crippen LogP contribution in [0.5, 0.6) is 0 Å². The Balaban J connectivity index is 2.58. The molecule has 2 amide bonds. The number of carbonyl (C=O) groups excluding carboxylic acids is 2. The van der Waals surface area contributed by atoms with Gasteiger partial charge in [0.1, 0.15) is 5.60 Å². The van der Waals surface area contributed by atoms with Crippen molar-refractivity contribution < 1.29 is 14.3 Å². The second-order valence-electron chi connectivity index (χ2n) is 7.50. The molecule has 1 unspecified atom stereocenters. The lowest BCUT2D eigenvalue weighted by Crippen LogP contribution is -2.50. The van der Waals surface area contributed by atoms with Gasteiger partial charge in [0.25, 0.3) is 0 Å². The summed E-state index contributed by atoms with van der Waals surface area (Å²) in [5.74, 6) is -0.124. The molecule has 5 nitrogen and oxygen atoms in total. The minimum atomic E-state index is -0.502. The molecule has 0 radical (unpaired) electrons. The van der Waals surface area contributed by atoms with Crippen molar-refractivity contribution in [3.63, 3.8) is 0 Å². The van der Waals surface area contributed by atoms with Crippen molar-refractivity contribution in [2.45, 2.75) is 65.5 Å². The average molecular weight is 284 g/mol. The molecule has 0 saturated carbocycles. The number of ether oxygens (including phenoxy) is 1. The molecule has 0 bridgehead atoms. The summed E-state index contributed by atoms with van der Waals surface area (Å²) in [6.45, 7) is 12.5. The number of hydrogen-bond acceptors (Lipinski definition) is 3. The molecule has 0 aromatic heterocycles. The number of hydrogen-bond donors (Lipinski definition) is 1. The molecule has 116 valence electrons. The average Bonchev–Trinajstić information content (AvgIpc) is 2.24. The van der Waals surface area contributed by atoms with Crippen molar-refractivity contribution in [2.75, 3.05) is 13.1 Å². The summed E-state index contributed by atoms with van der Waals surface area (Å²) in [6.07, 6.45) is 1.33. The molecule has 1 aliphatic heterocycles. The molecular formula is C15H28N2O3. The molecule has 1 heterocycles. The van der Waals surface area contributed by atoms with Crippen LogP contribution in [0.25, 0.3) is 0 Å². The summed E-state index contributed by atoms with van der Waals surface area (Å²) in [7, 11) is 0. The highest BCUT2D eigenvalue weighted by Crippen LogP contribution is 2.20. The fraction of sp³-hybridized carbons (Fsp3) is 0.867. The topological polar surface area (TPSA) is 58.6 Å². The highest BCUT2D eigenvalue weighted by Gasteiger charge is 2.32. The minimum Gasteiger partial charge on any atom is -0.444 e. The van der Waals surface area contributed by atoms with E-state index in [9.17, 15) is 9.59 Å². The van der Waals surface area contributed by atoms with Gasteiger partial charge in [-0.1, -0.05) is 0 Å². The normalized spacial score (nSPS) is 20.5. The molecule has 1 fully saturated rings.